The second-order valence-corrected chi connectivity index (χ2v) is 5.34. The maximum absolute atomic E-state index is 5.30. The fraction of sp³-hybridized carbons (Fsp3) is 0.667. The third-order valence-electron chi connectivity index (χ3n) is 4.11. The second kappa shape index (κ2) is 6.64. The van der Waals surface area contributed by atoms with Crippen molar-refractivity contribution < 1.29 is 4.42 Å². The lowest BCUT2D eigenvalue weighted by Crippen LogP contribution is -2.46. The first kappa shape index (κ1) is 14.0. The molecule has 1 fully saturated rings. The molecule has 1 heterocycles. The molecule has 0 bridgehead atoms. The Morgan fingerprint density at radius 2 is 2.21 bits per heavy atom. The van der Waals surface area contributed by atoms with Crippen LogP contribution in [-0.4, -0.2) is 19.0 Å². The Labute approximate surface area is 115 Å². The number of guanidine groups is 1. The normalized spacial score (nSPS) is 17.9. The van der Waals surface area contributed by atoms with Crippen LogP contribution in [0.2, 0.25) is 0 Å². The average Bonchev–Trinajstić information content (AvgIpc) is 2.88. The summed E-state index contributed by atoms with van der Waals surface area (Å²) in [6, 6.07) is 3.85. The van der Waals surface area contributed by atoms with Crippen LogP contribution in [0, 0.1) is 5.41 Å². The van der Waals surface area contributed by atoms with Gasteiger partial charge in [0.05, 0.1) is 6.26 Å². The van der Waals surface area contributed by atoms with Crippen molar-refractivity contribution in [3.05, 3.63) is 24.2 Å². The predicted molar refractivity (Wildman–Crippen MR) is 78.1 cm³/mol. The fourth-order valence-corrected chi connectivity index (χ4v) is 2.50. The molecule has 0 aromatic carbocycles. The number of nitrogens with one attached hydrogen (secondary N) is 2. The molecule has 0 amide bonds. The van der Waals surface area contributed by atoms with Gasteiger partial charge in [0, 0.05) is 13.1 Å². The van der Waals surface area contributed by atoms with Gasteiger partial charge >= 0.3 is 0 Å². The van der Waals surface area contributed by atoms with E-state index in [1.807, 2.05) is 12.1 Å². The largest absolute Gasteiger partial charge is 0.467 e. The van der Waals surface area contributed by atoms with Crippen LogP contribution in [0.4, 0.5) is 0 Å². The minimum atomic E-state index is 0.501. The molecule has 1 aliphatic carbocycles. The fourth-order valence-electron chi connectivity index (χ4n) is 2.50. The molecule has 1 saturated carbocycles. The van der Waals surface area contributed by atoms with E-state index in [0.29, 0.717) is 12.0 Å². The smallest absolute Gasteiger partial charge is 0.191 e. The molecule has 19 heavy (non-hydrogen) atoms. The number of aliphatic imine (C=N–C) groups is 1. The SMILES string of the molecule is CCNC(=NCc1ccco1)NCC1(CC)CCC1. The molecule has 1 aromatic rings. The Balaban J connectivity index is 1.86. The Hall–Kier alpha value is -1.45. The van der Waals surface area contributed by atoms with E-state index in [2.05, 4.69) is 29.5 Å². The van der Waals surface area contributed by atoms with E-state index >= 15 is 0 Å². The lowest BCUT2D eigenvalue weighted by molar-refractivity contribution is 0.131. The Morgan fingerprint density at radius 3 is 2.74 bits per heavy atom. The van der Waals surface area contributed by atoms with Gasteiger partial charge < -0.3 is 15.1 Å². The molecule has 106 valence electrons. The quantitative estimate of drug-likeness (QED) is 0.613. The van der Waals surface area contributed by atoms with Crippen molar-refractivity contribution in [3.8, 4) is 0 Å². The highest BCUT2D eigenvalue weighted by Gasteiger charge is 2.34. The molecule has 0 saturated heterocycles. The van der Waals surface area contributed by atoms with Crippen molar-refractivity contribution in [1.29, 1.82) is 0 Å². The van der Waals surface area contributed by atoms with Gasteiger partial charge in [-0.15, -0.1) is 0 Å². The highest BCUT2D eigenvalue weighted by atomic mass is 16.3. The van der Waals surface area contributed by atoms with Gasteiger partial charge in [0.15, 0.2) is 5.96 Å². The van der Waals surface area contributed by atoms with Gasteiger partial charge in [-0.25, -0.2) is 4.99 Å². The third kappa shape index (κ3) is 3.75. The molecule has 0 unspecified atom stereocenters. The van der Waals surface area contributed by atoms with Crippen molar-refractivity contribution in [3.63, 3.8) is 0 Å². The van der Waals surface area contributed by atoms with Crippen LogP contribution in [-0.2, 0) is 6.54 Å². The second-order valence-electron chi connectivity index (χ2n) is 5.34. The summed E-state index contributed by atoms with van der Waals surface area (Å²) in [6.45, 7) is 6.86. The molecule has 2 N–H and O–H groups in total. The van der Waals surface area contributed by atoms with E-state index in [1.54, 1.807) is 6.26 Å². The highest BCUT2D eigenvalue weighted by Crippen LogP contribution is 2.42. The molecule has 0 spiro atoms. The molecule has 4 heteroatoms. The zero-order chi connectivity index (χ0) is 13.6. The van der Waals surface area contributed by atoms with Gasteiger partial charge in [0.25, 0.3) is 0 Å². The van der Waals surface area contributed by atoms with E-state index in [4.69, 9.17) is 4.42 Å². The summed E-state index contributed by atoms with van der Waals surface area (Å²) in [5, 5.41) is 6.76. The van der Waals surface area contributed by atoms with Crippen LogP contribution in [0.15, 0.2) is 27.8 Å². The van der Waals surface area contributed by atoms with E-state index in [1.165, 1.54) is 25.7 Å². The van der Waals surface area contributed by atoms with Crippen LogP contribution in [0.25, 0.3) is 0 Å². The first-order chi connectivity index (χ1) is 9.28. The minimum Gasteiger partial charge on any atom is -0.467 e. The summed E-state index contributed by atoms with van der Waals surface area (Å²) >= 11 is 0. The summed E-state index contributed by atoms with van der Waals surface area (Å²) in [6.07, 6.45) is 6.99. The third-order valence-corrected chi connectivity index (χ3v) is 4.11. The minimum absolute atomic E-state index is 0.501. The molecule has 4 nitrogen and oxygen atoms in total. The van der Waals surface area contributed by atoms with Gasteiger partial charge in [-0.05, 0) is 43.7 Å². The molecule has 0 aliphatic heterocycles. The van der Waals surface area contributed by atoms with E-state index in [-0.39, 0.29) is 0 Å². The molecular formula is C15H25N3O. The molecular weight excluding hydrogens is 238 g/mol. The van der Waals surface area contributed by atoms with Gasteiger partial charge in [0.1, 0.15) is 12.3 Å². The topological polar surface area (TPSA) is 49.6 Å². The lowest BCUT2D eigenvalue weighted by atomic mass is 9.67. The number of hydrogen-bond donors (Lipinski definition) is 2. The summed E-state index contributed by atoms with van der Waals surface area (Å²) in [4.78, 5) is 4.55. The molecule has 0 radical (unpaired) electrons. The van der Waals surface area contributed by atoms with Gasteiger partial charge in [-0.3, -0.25) is 0 Å². The van der Waals surface area contributed by atoms with Crippen LogP contribution in [0.1, 0.15) is 45.3 Å². The maximum atomic E-state index is 5.30. The van der Waals surface area contributed by atoms with Gasteiger partial charge in [0.2, 0.25) is 0 Å². The number of nitrogens with zero attached hydrogens (tertiary/aromatic N) is 1. The molecule has 1 aliphatic rings. The van der Waals surface area contributed by atoms with E-state index in [9.17, 15) is 0 Å². The van der Waals surface area contributed by atoms with Gasteiger partial charge in [-0.1, -0.05) is 13.3 Å². The lowest BCUT2D eigenvalue weighted by Gasteiger charge is -2.41. The van der Waals surface area contributed by atoms with Crippen molar-refractivity contribution in [2.24, 2.45) is 10.4 Å². The van der Waals surface area contributed by atoms with E-state index in [0.717, 1.165) is 24.8 Å². The van der Waals surface area contributed by atoms with Crippen molar-refractivity contribution >= 4 is 5.96 Å². The molecule has 1 aromatic heterocycles. The van der Waals surface area contributed by atoms with Crippen molar-refractivity contribution in [2.75, 3.05) is 13.1 Å². The Morgan fingerprint density at radius 1 is 1.37 bits per heavy atom. The monoisotopic (exact) mass is 263 g/mol. The number of furan rings is 1. The zero-order valence-corrected chi connectivity index (χ0v) is 12.0. The number of hydrogen-bond acceptors (Lipinski definition) is 2. The standard InChI is InChI=1S/C15H25N3O/c1-3-15(8-6-9-15)12-18-14(16-4-2)17-11-13-7-5-10-19-13/h5,7,10H,3-4,6,8-9,11-12H2,1-2H3,(H2,16,17,18). The molecule has 0 atom stereocenters. The summed E-state index contributed by atoms with van der Waals surface area (Å²) in [7, 11) is 0. The first-order valence-corrected chi connectivity index (χ1v) is 7.32. The first-order valence-electron chi connectivity index (χ1n) is 7.32. The average molecular weight is 263 g/mol. The highest BCUT2D eigenvalue weighted by molar-refractivity contribution is 5.79. The van der Waals surface area contributed by atoms with Crippen LogP contribution >= 0.6 is 0 Å². The summed E-state index contributed by atoms with van der Waals surface area (Å²) in [5.41, 5.74) is 0.501. The Kier molecular flexibility index (Phi) is 4.88. The summed E-state index contributed by atoms with van der Waals surface area (Å²) in [5.74, 6) is 1.78. The zero-order valence-electron chi connectivity index (χ0n) is 12.0. The van der Waals surface area contributed by atoms with Gasteiger partial charge in [-0.2, -0.15) is 0 Å². The van der Waals surface area contributed by atoms with Crippen molar-refractivity contribution in [2.45, 2.75) is 46.1 Å². The molecule has 2 rings (SSSR count). The number of rotatable bonds is 6. The van der Waals surface area contributed by atoms with E-state index < -0.39 is 0 Å². The maximum Gasteiger partial charge on any atom is 0.191 e. The predicted octanol–water partition coefficient (Wildman–Crippen LogP) is 2.92. The van der Waals surface area contributed by atoms with Crippen LogP contribution in [0.5, 0.6) is 0 Å². The summed E-state index contributed by atoms with van der Waals surface area (Å²) < 4.78 is 5.30. The van der Waals surface area contributed by atoms with Crippen LogP contribution in [0.3, 0.4) is 0 Å². The van der Waals surface area contributed by atoms with Crippen molar-refractivity contribution in [1.82, 2.24) is 10.6 Å². The van der Waals surface area contributed by atoms with Crippen LogP contribution < -0.4 is 10.6 Å². The Bertz CT molecular complexity index is 388.